The Morgan fingerprint density at radius 2 is 2.42 bits per heavy atom. The zero-order valence-corrected chi connectivity index (χ0v) is 7.34. The van der Waals surface area contributed by atoms with Crippen LogP contribution in [0.2, 0.25) is 0 Å². The highest BCUT2D eigenvalue weighted by atomic mass is 16.5. The summed E-state index contributed by atoms with van der Waals surface area (Å²) in [5, 5.41) is 0. The molecule has 12 heavy (non-hydrogen) atoms. The highest BCUT2D eigenvalue weighted by Crippen LogP contribution is 2.48. The third kappa shape index (κ3) is 0.891. The first-order chi connectivity index (χ1) is 5.79. The molecular formula is C9H14O3. The molecule has 3 nitrogen and oxygen atoms in total. The van der Waals surface area contributed by atoms with Gasteiger partial charge < -0.3 is 9.47 Å². The minimum Gasteiger partial charge on any atom is -0.469 e. The molecule has 0 bridgehead atoms. The monoisotopic (exact) mass is 170 g/mol. The topological polar surface area (TPSA) is 35.5 Å². The Hall–Kier alpha value is -0.570. The largest absolute Gasteiger partial charge is 0.469 e. The van der Waals surface area contributed by atoms with E-state index in [0.29, 0.717) is 0 Å². The summed E-state index contributed by atoms with van der Waals surface area (Å²) in [6.45, 7) is 0.722. The van der Waals surface area contributed by atoms with Crippen molar-refractivity contribution in [2.24, 2.45) is 5.41 Å². The van der Waals surface area contributed by atoms with Crippen molar-refractivity contribution in [3.8, 4) is 0 Å². The summed E-state index contributed by atoms with van der Waals surface area (Å²) < 4.78 is 10.3. The lowest BCUT2D eigenvalue weighted by Gasteiger charge is -2.23. The number of carbonyl (C=O) groups excluding carboxylic acids is 1. The van der Waals surface area contributed by atoms with Gasteiger partial charge in [0.15, 0.2) is 0 Å². The fourth-order valence-electron chi connectivity index (χ4n) is 2.49. The van der Waals surface area contributed by atoms with Crippen LogP contribution in [0.5, 0.6) is 0 Å². The summed E-state index contributed by atoms with van der Waals surface area (Å²) in [5.74, 6) is -0.0671. The smallest absolute Gasteiger partial charge is 0.314 e. The fourth-order valence-corrected chi connectivity index (χ4v) is 2.49. The number of carbonyl (C=O) groups is 1. The number of esters is 1. The minimum atomic E-state index is -0.269. The molecule has 0 N–H and O–H groups in total. The van der Waals surface area contributed by atoms with E-state index < -0.39 is 0 Å². The van der Waals surface area contributed by atoms with Crippen LogP contribution in [0, 0.1) is 5.41 Å². The first-order valence-corrected chi connectivity index (χ1v) is 4.49. The van der Waals surface area contributed by atoms with E-state index in [1.165, 1.54) is 7.11 Å². The molecule has 2 fully saturated rings. The molecule has 0 unspecified atom stereocenters. The van der Waals surface area contributed by atoms with Crippen LogP contribution in [0.15, 0.2) is 0 Å². The Kier molecular flexibility index (Phi) is 1.83. The molecule has 0 aromatic carbocycles. The molecule has 2 rings (SSSR count). The maximum Gasteiger partial charge on any atom is 0.314 e. The van der Waals surface area contributed by atoms with Crippen molar-refractivity contribution < 1.29 is 14.3 Å². The SMILES string of the molecule is COC(=O)[C@]12CCC[C@@H]1OCC2. The van der Waals surface area contributed by atoms with Gasteiger partial charge in [-0.2, -0.15) is 0 Å². The van der Waals surface area contributed by atoms with E-state index in [9.17, 15) is 4.79 Å². The molecule has 2 atom stereocenters. The van der Waals surface area contributed by atoms with Crippen molar-refractivity contribution in [3.05, 3.63) is 0 Å². The summed E-state index contributed by atoms with van der Waals surface area (Å²) in [5.41, 5.74) is -0.269. The van der Waals surface area contributed by atoms with Crippen molar-refractivity contribution in [2.75, 3.05) is 13.7 Å². The number of methoxy groups -OCH3 is 1. The third-order valence-corrected chi connectivity index (χ3v) is 3.16. The molecule has 1 aliphatic heterocycles. The van der Waals surface area contributed by atoms with Gasteiger partial charge in [0.05, 0.1) is 18.6 Å². The van der Waals surface area contributed by atoms with Crippen molar-refractivity contribution >= 4 is 5.97 Å². The molecular weight excluding hydrogens is 156 g/mol. The number of rotatable bonds is 1. The quantitative estimate of drug-likeness (QED) is 0.553. The number of fused-ring (bicyclic) bond motifs is 1. The van der Waals surface area contributed by atoms with Gasteiger partial charge in [-0.25, -0.2) is 0 Å². The van der Waals surface area contributed by atoms with Crippen molar-refractivity contribution in [3.63, 3.8) is 0 Å². The molecule has 3 heteroatoms. The van der Waals surface area contributed by atoms with Crippen molar-refractivity contribution in [1.29, 1.82) is 0 Å². The molecule has 0 aromatic rings. The van der Waals surface area contributed by atoms with Gasteiger partial charge in [0.2, 0.25) is 0 Å². The summed E-state index contributed by atoms with van der Waals surface area (Å²) in [6.07, 6.45) is 4.06. The molecule has 1 heterocycles. The summed E-state index contributed by atoms with van der Waals surface area (Å²) in [6, 6.07) is 0. The van der Waals surface area contributed by atoms with Crippen molar-refractivity contribution in [1.82, 2.24) is 0 Å². The van der Waals surface area contributed by atoms with E-state index >= 15 is 0 Å². The Morgan fingerprint density at radius 3 is 3.17 bits per heavy atom. The van der Waals surface area contributed by atoms with Crippen LogP contribution >= 0.6 is 0 Å². The number of ether oxygens (including phenoxy) is 2. The minimum absolute atomic E-state index is 0.0671. The molecule has 1 aliphatic carbocycles. The Labute approximate surface area is 72.0 Å². The zero-order valence-electron chi connectivity index (χ0n) is 7.34. The van der Waals surface area contributed by atoms with Crippen molar-refractivity contribution in [2.45, 2.75) is 31.8 Å². The van der Waals surface area contributed by atoms with Crippen LogP contribution in [0.4, 0.5) is 0 Å². The fraction of sp³-hybridized carbons (Fsp3) is 0.889. The van der Waals surface area contributed by atoms with E-state index in [1.807, 2.05) is 0 Å². The summed E-state index contributed by atoms with van der Waals surface area (Å²) in [7, 11) is 1.46. The van der Waals surface area contributed by atoms with Gasteiger partial charge in [-0.15, -0.1) is 0 Å². The summed E-state index contributed by atoms with van der Waals surface area (Å²) >= 11 is 0. The van der Waals surface area contributed by atoms with Gasteiger partial charge in [0.1, 0.15) is 0 Å². The highest BCUT2D eigenvalue weighted by molar-refractivity contribution is 5.78. The third-order valence-electron chi connectivity index (χ3n) is 3.16. The second-order valence-corrected chi connectivity index (χ2v) is 3.65. The predicted octanol–water partition coefficient (Wildman–Crippen LogP) is 1.12. The van der Waals surface area contributed by atoms with Crippen LogP contribution < -0.4 is 0 Å². The lowest BCUT2D eigenvalue weighted by atomic mass is 9.83. The van der Waals surface area contributed by atoms with Gasteiger partial charge in [0, 0.05) is 6.61 Å². The van der Waals surface area contributed by atoms with E-state index in [-0.39, 0.29) is 17.5 Å². The van der Waals surface area contributed by atoms with Gasteiger partial charge >= 0.3 is 5.97 Å². The average molecular weight is 170 g/mol. The highest BCUT2D eigenvalue weighted by Gasteiger charge is 2.53. The first kappa shape index (κ1) is 8.05. The predicted molar refractivity (Wildman–Crippen MR) is 42.7 cm³/mol. The lowest BCUT2D eigenvalue weighted by Crippen LogP contribution is -2.35. The van der Waals surface area contributed by atoms with Crippen LogP contribution in [0.1, 0.15) is 25.7 Å². The zero-order chi connectivity index (χ0) is 8.60. The molecule has 2 aliphatic rings. The second kappa shape index (κ2) is 2.73. The van der Waals surface area contributed by atoms with Crippen LogP contribution in [-0.4, -0.2) is 25.8 Å². The van der Waals surface area contributed by atoms with Gasteiger partial charge in [-0.1, -0.05) is 0 Å². The van der Waals surface area contributed by atoms with E-state index in [4.69, 9.17) is 9.47 Å². The molecule has 0 spiro atoms. The normalized spacial score (nSPS) is 39.6. The van der Waals surface area contributed by atoms with Gasteiger partial charge in [-0.3, -0.25) is 4.79 Å². The maximum atomic E-state index is 11.5. The van der Waals surface area contributed by atoms with Gasteiger partial charge in [-0.05, 0) is 25.7 Å². The second-order valence-electron chi connectivity index (χ2n) is 3.65. The Morgan fingerprint density at radius 1 is 1.58 bits per heavy atom. The molecule has 0 aromatic heterocycles. The van der Waals surface area contributed by atoms with Gasteiger partial charge in [0.25, 0.3) is 0 Å². The van der Waals surface area contributed by atoms with E-state index in [2.05, 4.69) is 0 Å². The molecule has 68 valence electrons. The van der Waals surface area contributed by atoms with E-state index in [1.54, 1.807) is 0 Å². The molecule has 0 radical (unpaired) electrons. The lowest BCUT2D eigenvalue weighted by molar-refractivity contribution is -0.154. The average Bonchev–Trinajstić information content (AvgIpc) is 2.60. The van der Waals surface area contributed by atoms with Crippen LogP contribution in [0.25, 0.3) is 0 Å². The maximum absolute atomic E-state index is 11.5. The molecule has 1 saturated heterocycles. The first-order valence-electron chi connectivity index (χ1n) is 4.49. The van der Waals surface area contributed by atoms with Crippen LogP contribution in [0.3, 0.4) is 0 Å². The van der Waals surface area contributed by atoms with Crippen LogP contribution in [-0.2, 0) is 14.3 Å². The molecule has 0 amide bonds. The Balaban J connectivity index is 2.21. The summed E-state index contributed by atoms with van der Waals surface area (Å²) in [4.78, 5) is 11.5. The van der Waals surface area contributed by atoms with E-state index in [0.717, 1.165) is 32.3 Å². The standard InChI is InChI=1S/C9H14O3/c1-11-8(10)9-4-2-3-7(9)12-6-5-9/h7H,2-6H2,1H3/t7-,9-/m0/s1. The number of hydrogen-bond acceptors (Lipinski definition) is 3. The Bertz CT molecular complexity index is 190. The molecule has 1 saturated carbocycles. The number of hydrogen-bond donors (Lipinski definition) is 0.